The van der Waals surface area contributed by atoms with Gasteiger partial charge in [0, 0.05) is 13.2 Å². The normalized spacial score (nSPS) is 24.2. The largest absolute Gasteiger partial charge is 0.465 e. The number of aliphatic hydroxyl groups is 1. The van der Waals surface area contributed by atoms with E-state index in [0.717, 1.165) is 12.8 Å². The van der Waals surface area contributed by atoms with Crippen LogP contribution in [0.1, 0.15) is 46.5 Å². The lowest BCUT2D eigenvalue weighted by molar-refractivity contribution is 0.0168. The molecule has 2 N–H and O–H groups in total. The summed E-state index contributed by atoms with van der Waals surface area (Å²) in [4.78, 5) is 13.0. The Labute approximate surface area is 129 Å². The summed E-state index contributed by atoms with van der Waals surface area (Å²) in [7, 11) is -1.92. The molecule has 5 nitrogen and oxygen atoms in total. The second-order valence-corrected chi connectivity index (χ2v) is 12.2. The molecule has 0 bridgehead atoms. The number of hydrogen-bond acceptors (Lipinski definition) is 3. The van der Waals surface area contributed by atoms with Crippen LogP contribution in [0.4, 0.5) is 4.79 Å². The number of amides is 1. The molecule has 6 heteroatoms. The van der Waals surface area contributed by atoms with Crippen LogP contribution in [0.25, 0.3) is 0 Å². The van der Waals surface area contributed by atoms with Gasteiger partial charge in [0.05, 0.1) is 12.1 Å². The first-order chi connectivity index (χ1) is 9.60. The molecule has 0 spiro atoms. The van der Waals surface area contributed by atoms with E-state index in [0.29, 0.717) is 19.4 Å². The number of carboxylic acid groups (broad SMARTS) is 1. The highest BCUT2D eigenvalue weighted by Gasteiger charge is 2.43. The average molecular weight is 318 g/mol. The molecule has 1 amide bonds. The van der Waals surface area contributed by atoms with Crippen molar-refractivity contribution in [1.29, 1.82) is 0 Å². The Bertz CT molecular complexity index is 354. The van der Waals surface area contributed by atoms with Gasteiger partial charge in [-0.3, -0.25) is 0 Å². The molecular weight excluding hydrogens is 286 g/mol. The van der Waals surface area contributed by atoms with E-state index in [2.05, 4.69) is 33.9 Å². The lowest BCUT2D eigenvalue weighted by Gasteiger charge is -2.46. The van der Waals surface area contributed by atoms with E-state index >= 15 is 0 Å². The molecule has 0 aromatic rings. The number of rotatable bonds is 5. The maximum atomic E-state index is 11.5. The Balaban J connectivity index is 2.88. The summed E-state index contributed by atoms with van der Waals surface area (Å²) in [5.74, 6) is 0. The highest BCUT2D eigenvalue weighted by Crippen LogP contribution is 2.39. The SMILES string of the molecule is CC(C)(C)[Si](C)(C)O[C@H]1CCCN(C(=O)O)[C@@H]1CCCO. The minimum atomic E-state index is -1.92. The zero-order valence-electron chi connectivity index (χ0n) is 14.1. The molecule has 0 unspecified atom stereocenters. The standard InChI is InChI=1S/C15H31NO4Si/c1-15(2,3)21(4,5)20-13-9-6-10-16(14(18)19)12(13)8-7-11-17/h12-13,17H,6-11H2,1-5H3,(H,18,19)/t12-,13+/m1/s1. The molecule has 0 aromatic heterocycles. The number of piperidine rings is 1. The smallest absolute Gasteiger partial charge is 0.407 e. The number of hydrogen-bond donors (Lipinski definition) is 2. The van der Waals surface area contributed by atoms with Crippen molar-refractivity contribution in [3.8, 4) is 0 Å². The molecule has 0 aromatic carbocycles. The van der Waals surface area contributed by atoms with E-state index in [1.165, 1.54) is 4.90 Å². The van der Waals surface area contributed by atoms with Gasteiger partial charge in [0.2, 0.25) is 0 Å². The predicted octanol–water partition coefficient (Wildman–Crippen LogP) is 3.29. The van der Waals surface area contributed by atoms with Gasteiger partial charge in [0.1, 0.15) is 0 Å². The Kier molecular flexibility index (Phi) is 6.25. The second-order valence-electron chi connectivity index (χ2n) is 7.47. The fourth-order valence-electron chi connectivity index (χ4n) is 2.59. The van der Waals surface area contributed by atoms with Crippen LogP contribution in [0.2, 0.25) is 18.1 Å². The van der Waals surface area contributed by atoms with Crippen molar-refractivity contribution in [2.75, 3.05) is 13.2 Å². The van der Waals surface area contributed by atoms with Crippen LogP contribution in [-0.2, 0) is 4.43 Å². The first kappa shape index (κ1) is 18.5. The Hall–Kier alpha value is -0.593. The molecule has 0 radical (unpaired) electrons. The van der Waals surface area contributed by atoms with Crippen molar-refractivity contribution in [3.05, 3.63) is 0 Å². The number of nitrogens with zero attached hydrogens (tertiary/aromatic N) is 1. The van der Waals surface area contributed by atoms with Crippen LogP contribution in [0.15, 0.2) is 0 Å². The average Bonchev–Trinajstić information content (AvgIpc) is 2.35. The molecule has 1 saturated heterocycles. The Morgan fingerprint density at radius 3 is 2.48 bits per heavy atom. The van der Waals surface area contributed by atoms with Crippen LogP contribution >= 0.6 is 0 Å². The molecule has 0 aliphatic carbocycles. The molecule has 1 aliphatic heterocycles. The van der Waals surface area contributed by atoms with Crippen molar-refractivity contribution in [3.63, 3.8) is 0 Å². The highest BCUT2D eigenvalue weighted by atomic mass is 28.4. The van der Waals surface area contributed by atoms with Gasteiger partial charge in [-0.05, 0) is 43.8 Å². The van der Waals surface area contributed by atoms with Crippen molar-refractivity contribution in [2.24, 2.45) is 0 Å². The quantitative estimate of drug-likeness (QED) is 0.763. The number of aliphatic hydroxyl groups excluding tert-OH is 1. The van der Waals surface area contributed by atoms with Crippen LogP contribution in [0, 0.1) is 0 Å². The number of likely N-dealkylation sites (tertiary alicyclic amines) is 1. The van der Waals surface area contributed by atoms with Crippen LogP contribution in [0.3, 0.4) is 0 Å². The summed E-state index contributed by atoms with van der Waals surface area (Å²) in [6, 6.07) is -0.127. The summed E-state index contributed by atoms with van der Waals surface area (Å²) < 4.78 is 6.49. The molecule has 2 atom stereocenters. The Morgan fingerprint density at radius 2 is 2.00 bits per heavy atom. The van der Waals surface area contributed by atoms with Gasteiger partial charge in [-0.25, -0.2) is 4.79 Å². The van der Waals surface area contributed by atoms with E-state index in [-0.39, 0.29) is 23.8 Å². The van der Waals surface area contributed by atoms with E-state index in [9.17, 15) is 9.90 Å². The van der Waals surface area contributed by atoms with Crippen LogP contribution in [-0.4, -0.2) is 54.8 Å². The maximum absolute atomic E-state index is 11.5. The summed E-state index contributed by atoms with van der Waals surface area (Å²) in [6.07, 6.45) is 2.13. The molecule has 0 saturated carbocycles. The first-order valence-electron chi connectivity index (χ1n) is 7.88. The van der Waals surface area contributed by atoms with Crippen molar-refractivity contribution >= 4 is 14.4 Å². The van der Waals surface area contributed by atoms with Gasteiger partial charge < -0.3 is 19.5 Å². The zero-order chi connectivity index (χ0) is 16.3. The molecule has 1 fully saturated rings. The first-order valence-corrected chi connectivity index (χ1v) is 10.8. The van der Waals surface area contributed by atoms with Crippen molar-refractivity contribution in [2.45, 2.75) is 76.7 Å². The summed E-state index contributed by atoms with van der Waals surface area (Å²) >= 11 is 0. The molecule has 124 valence electrons. The zero-order valence-corrected chi connectivity index (χ0v) is 15.1. The fourth-order valence-corrected chi connectivity index (χ4v) is 3.98. The monoisotopic (exact) mass is 317 g/mol. The summed E-state index contributed by atoms with van der Waals surface area (Å²) in [5, 5.41) is 18.6. The third-order valence-corrected chi connectivity index (χ3v) is 9.38. The molecule has 21 heavy (non-hydrogen) atoms. The minimum Gasteiger partial charge on any atom is -0.465 e. The van der Waals surface area contributed by atoms with Gasteiger partial charge in [-0.15, -0.1) is 0 Å². The van der Waals surface area contributed by atoms with Crippen LogP contribution in [0.5, 0.6) is 0 Å². The molecule has 1 rings (SSSR count). The highest BCUT2D eigenvalue weighted by molar-refractivity contribution is 6.74. The van der Waals surface area contributed by atoms with Crippen molar-refractivity contribution in [1.82, 2.24) is 4.90 Å². The summed E-state index contributed by atoms with van der Waals surface area (Å²) in [6.45, 7) is 11.7. The van der Waals surface area contributed by atoms with Gasteiger partial charge in [-0.1, -0.05) is 20.8 Å². The Morgan fingerprint density at radius 1 is 1.38 bits per heavy atom. The predicted molar refractivity (Wildman–Crippen MR) is 86.1 cm³/mol. The van der Waals surface area contributed by atoms with E-state index in [1.54, 1.807) is 0 Å². The topological polar surface area (TPSA) is 70.0 Å². The van der Waals surface area contributed by atoms with Gasteiger partial charge in [0.15, 0.2) is 8.32 Å². The lowest BCUT2D eigenvalue weighted by atomic mass is 9.95. The maximum Gasteiger partial charge on any atom is 0.407 e. The minimum absolute atomic E-state index is 0.0395. The molecular formula is C15H31NO4Si. The van der Waals surface area contributed by atoms with Gasteiger partial charge in [-0.2, -0.15) is 0 Å². The molecule has 1 heterocycles. The lowest BCUT2D eigenvalue weighted by Crippen LogP contribution is -2.55. The number of carbonyl (C=O) groups is 1. The van der Waals surface area contributed by atoms with Gasteiger partial charge >= 0.3 is 6.09 Å². The third kappa shape index (κ3) is 4.69. The van der Waals surface area contributed by atoms with Crippen molar-refractivity contribution < 1.29 is 19.4 Å². The van der Waals surface area contributed by atoms with E-state index < -0.39 is 14.4 Å². The second kappa shape index (κ2) is 7.11. The fraction of sp³-hybridized carbons (Fsp3) is 0.933. The summed E-state index contributed by atoms with van der Waals surface area (Å²) in [5.41, 5.74) is 0. The van der Waals surface area contributed by atoms with E-state index in [1.807, 2.05) is 0 Å². The van der Waals surface area contributed by atoms with Gasteiger partial charge in [0.25, 0.3) is 0 Å². The van der Waals surface area contributed by atoms with E-state index in [4.69, 9.17) is 9.53 Å². The van der Waals surface area contributed by atoms with Crippen LogP contribution < -0.4 is 0 Å². The third-order valence-electron chi connectivity index (χ3n) is 4.87. The molecule has 1 aliphatic rings.